The summed E-state index contributed by atoms with van der Waals surface area (Å²) in [6, 6.07) is 8.19. The number of ether oxygens (including phenoxy) is 1. The van der Waals surface area contributed by atoms with Gasteiger partial charge in [0.2, 0.25) is 5.91 Å². The average molecular weight is 332 g/mol. The van der Waals surface area contributed by atoms with Gasteiger partial charge >= 0.3 is 0 Å². The number of para-hydroxylation sites is 1. The molecule has 1 atom stereocenters. The summed E-state index contributed by atoms with van der Waals surface area (Å²) in [6.45, 7) is 3.59. The lowest BCUT2D eigenvalue weighted by Crippen LogP contribution is -2.47. The maximum atomic E-state index is 12.5. The van der Waals surface area contributed by atoms with Crippen LogP contribution in [0.1, 0.15) is 37.2 Å². The number of amides is 1. The zero-order valence-electron chi connectivity index (χ0n) is 14.5. The van der Waals surface area contributed by atoms with E-state index < -0.39 is 0 Å². The highest BCUT2D eigenvalue weighted by Gasteiger charge is 2.27. The molecule has 0 spiro atoms. The van der Waals surface area contributed by atoms with Gasteiger partial charge in [0, 0.05) is 19.6 Å². The first-order valence-electron chi connectivity index (χ1n) is 8.98. The fourth-order valence-electron chi connectivity index (χ4n) is 3.91. The number of hydrogen-bond acceptors (Lipinski definition) is 4. The number of aliphatic hydroxyl groups is 1. The van der Waals surface area contributed by atoms with Crippen molar-refractivity contribution < 1.29 is 14.6 Å². The van der Waals surface area contributed by atoms with Gasteiger partial charge in [-0.05, 0) is 49.8 Å². The zero-order chi connectivity index (χ0) is 16.9. The third kappa shape index (κ3) is 4.08. The molecule has 24 heavy (non-hydrogen) atoms. The molecule has 5 heteroatoms. The number of benzene rings is 1. The van der Waals surface area contributed by atoms with Crippen LogP contribution in [0.5, 0.6) is 5.75 Å². The number of nitrogens with zero attached hydrogens (tertiary/aromatic N) is 2. The van der Waals surface area contributed by atoms with Crippen molar-refractivity contribution in [1.82, 2.24) is 9.80 Å². The molecule has 2 heterocycles. The number of piperidine rings is 2. The molecule has 1 aromatic carbocycles. The van der Waals surface area contributed by atoms with E-state index in [2.05, 4.69) is 17.0 Å². The highest BCUT2D eigenvalue weighted by Crippen LogP contribution is 2.34. The summed E-state index contributed by atoms with van der Waals surface area (Å²) in [5.41, 5.74) is 1.26. The van der Waals surface area contributed by atoms with E-state index in [1.807, 2.05) is 17.0 Å². The van der Waals surface area contributed by atoms with Crippen molar-refractivity contribution in [3.05, 3.63) is 29.8 Å². The van der Waals surface area contributed by atoms with Crippen molar-refractivity contribution >= 4 is 5.91 Å². The Balaban J connectivity index is 1.52. The number of carbonyl (C=O) groups is 1. The van der Waals surface area contributed by atoms with Crippen LogP contribution in [0.3, 0.4) is 0 Å². The number of aliphatic hydroxyl groups excluding tert-OH is 1. The fourth-order valence-corrected chi connectivity index (χ4v) is 3.91. The van der Waals surface area contributed by atoms with E-state index in [0.29, 0.717) is 19.0 Å². The smallest absolute Gasteiger partial charge is 0.236 e. The van der Waals surface area contributed by atoms with Gasteiger partial charge in [0.1, 0.15) is 5.75 Å². The first-order valence-corrected chi connectivity index (χ1v) is 8.98. The van der Waals surface area contributed by atoms with Crippen molar-refractivity contribution in [3.8, 4) is 5.75 Å². The molecule has 2 fully saturated rings. The van der Waals surface area contributed by atoms with Crippen molar-refractivity contribution in [2.45, 2.75) is 37.7 Å². The molecule has 2 saturated heterocycles. The first kappa shape index (κ1) is 17.2. The molecule has 3 rings (SSSR count). The Bertz CT molecular complexity index is 555. The number of carbonyl (C=O) groups excluding carboxylic acids is 1. The number of methoxy groups -OCH3 is 1. The summed E-state index contributed by atoms with van der Waals surface area (Å²) in [5, 5.41) is 9.73. The maximum Gasteiger partial charge on any atom is 0.236 e. The Morgan fingerprint density at radius 2 is 1.96 bits per heavy atom. The molecule has 0 aliphatic carbocycles. The molecule has 1 amide bonds. The van der Waals surface area contributed by atoms with Crippen LogP contribution in [-0.4, -0.2) is 66.8 Å². The van der Waals surface area contributed by atoms with E-state index in [1.54, 1.807) is 7.11 Å². The molecule has 132 valence electrons. The average Bonchev–Trinajstić information content (AvgIpc) is 2.62. The van der Waals surface area contributed by atoms with Crippen molar-refractivity contribution in [2.75, 3.05) is 39.8 Å². The normalized spacial score (nSPS) is 23.2. The van der Waals surface area contributed by atoms with E-state index in [0.717, 1.165) is 51.1 Å². The number of rotatable bonds is 4. The Labute approximate surface area is 144 Å². The SMILES string of the molecule is COc1ccccc1C1CCN(C(=O)CN2CCC[C@H](O)C2)CC1. The van der Waals surface area contributed by atoms with Crippen LogP contribution in [0, 0.1) is 0 Å². The molecule has 1 aromatic rings. The Kier molecular flexibility index (Phi) is 5.74. The summed E-state index contributed by atoms with van der Waals surface area (Å²) in [7, 11) is 1.71. The highest BCUT2D eigenvalue weighted by atomic mass is 16.5. The van der Waals surface area contributed by atoms with Crippen molar-refractivity contribution in [3.63, 3.8) is 0 Å². The molecule has 0 aromatic heterocycles. The van der Waals surface area contributed by atoms with E-state index in [1.165, 1.54) is 5.56 Å². The zero-order valence-corrected chi connectivity index (χ0v) is 14.5. The van der Waals surface area contributed by atoms with Gasteiger partial charge in [0.15, 0.2) is 0 Å². The van der Waals surface area contributed by atoms with Gasteiger partial charge < -0.3 is 14.7 Å². The lowest BCUT2D eigenvalue weighted by molar-refractivity contribution is -0.134. The van der Waals surface area contributed by atoms with Crippen LogP contribution >= 0.6 is 0 Å². The Morgan fingerprint density at radius 3 is 2.67 bits per heavy atom. The predicted octanol–water partition coefficient (Wildman–Crippen LogP) is 1.86. The van der Waals surface area contributed by atoms with Gasteiger partial charge in [0.25, 0.3) is 0 Å². The van der Waals surface area contributed by atoms with Gasteiger partial charge in [-0.3, -0.25) is 9.69 Å². The van der Waals surface area contributed by atoms with Crippen LogP contribution in [-0.2, 0) is 4.79 Å². The lowest BCUT2D eigenvalue weighted by atomic mass is 9.89. The minimum atomic E-state index is -0.275. The molecule has 2 aliphatic rings. The van der Waals surface area contributed by atoms with Gasteiger partial charge in [-0.15, -0.1) is 0 Å². The van der Waals surface area contributed by atoms with Crippen molar-refractivity contribution in [2.24, 2.45) is 0 Å². The summed E-state index contributed by atoms with van der Waals surface area (Å²) in [5.74, 6) is 1.61. The second-order valence-electron chi connectivity index (χ2n) is 6.93. The van der Waals surface area contributed by atoms with Gasteiger partial charge in [-0.2, -0.15) is 0 Å². The summed E-state index contributed by atoms with van der Waals surface area (Å²) in [6.07, 6.45) is 3.52. The first-order chi connectivity index (χ1) is 11.7. The number of β-amino-alcohol motifs (C(OH)–C–C–N with tert-alkyl or cyclic N) is 1. The standard InChI is InChI=1S/C19H28N2O3/c1-24-18-7-3-2-6-17(18)15-8-11-21(12-9-15)19(23)14-20-10-4-5-16(22)13-20/h2-3,6-7,15-16,22H,4-5,8-14H2,1H3/t16-/m0/s1. The highest BCUT2D eigenvalue weighted by molar-refractivity contribution is 5.78. The molecule has 0 saturated carbocycles. The summed E-state index contributed by atoms with van der Waals surface area (Å²) < 4.78 is 5.47. The molecule has 2 aliphatic heterocycles. The molecular weight excluding hydrogens is 304 g/mol. The molecule has 5 nitrogen and oxygen atoms in total. The van der Waals surface area contributed by atoms with E-state index >= 15 is 0 Å². The van der Waals surface area contributed by atoms with Gasteiger partial charge in [-0.25, -0.2) is 0 Å². The number of hydrogen-bond donors (Lipinski definition) is 1. The van der Waals surface area contributed by atoms with E-state index in [4.69, 9.17) is 4.74 Å². The third-order valence-corrected chi connectivity index (χ3v) is 5.27. The van der Waals surface area contributed by atoms with Crippen LogP contribution in [0.15, 0.2) is 24.3 Å². The largest absolute Gasteiger partial charge is 0.496 e. The lowest BCUT2D eigenvalue weighted by Gasteiger charge is -2.35. The quantitative estimate of drug-likeness (QED) is 0.914. The van der Waals surface area contributed by atoms with E-state index in [-0.39, 0.29) is 12.0 Å². The van der Waals surface area contributed by atoms with Crippen LogP contribution in [0.25, 0.3) is 0 Å². The van der Waals surface area contributed by atoms with Gasteiger partial charge in [0.05, 0.1) is 19.8 Å². The predicted molar refractivity (Wildman–Crippen MR) is 93.2 cm³/mol. The van der Waals surface area contributed by atoms with Crippen LogP contribution in [0.2, 0.25) is 0 Å². The van der Waals surface area contributed by atoms with Crippen molar-refractivity contribution in [1.29, 1.82) is 0 Å². The second-order valence-corrected chi connectivity index (χ2v) is 6.93. The van der Waals surface area contributed by atoms with Crippen LogP contribution < -0.4 is 4.74 Å². The summed E-state index contributed by atoms with van der Waals surface area (Å²) >= 11 is 0. The topological polar surface area (TPSA) is 53.0 Å². The monoisotopic (exact) mass is 332 g/mol. The van der Waals surface area contributed by atoms with Gasteiger partial charge in [-0.1, -0.05) is 18.2 Å². The summed E-state index contributed by atoms with van der Waals surface area (Å²) in [4.78, 5) is 16.6. The second kappa shape index (κ2) is 7.99. The molecule has 0 unspecified atom stereocenters. The fraction of sp³-hybridized carbons (Fsp3) is 0.632. The molecule has 0 radical (unpaired) electrons. The molecule has 0 bridgehead atoms. The minimum absolute atomic E-state index is 0.197. The minimum Gasteiger partial charge on any atom is -0.496 e. The van der Waals surface area contributed by atoms with Crippen LogP contribution in [0.4, 0.5) is 0 Å². The third-order valence-electron chi connectivity index (χ3n) is 5.27. The Hall–Kier alpha value is -1.59. The molecular formula is C19H28N2O3. The maximum absolute atomic E-state index is 12.5. The van der Waals surface area contributed by atoms with E-state index in [9.17, 15) is 9.90 Å². The Morgan fingerprint density at radius 1 is 1.21 bits per heavy atom. The molecule has 1 N–H and O–H groups in total. The number of likely N-dealkylation sites (tertiary alicyclic amines) is 2.